The summed E-state index contributed by atoms with van der Waals surface area (Å²) in [6.45, 7) is 8.54. The van der Waals surface area contributed by atoms with Gasteiger partial charge in [0.15, 0.2) is 0 Å². The molecule has 1 unspecified atom stereocenters. The van der Waals surface area contributed by atoms with Crippen molar-refractivity contribution in [2.45, 2.75) is 70.1 Å². The highest BCUT2D eigenvalue weighted by Gasteiger charge is 2.18. The quantitative estimate of drug-likeness (QED) is 0.348. The molecule has 0 radical (unpaired) electrons. The highest BCUT2D eigenvalue weighted by Crippen LogP contribution is 2.25. The number of hydrogen-bond acceptors (Lipinski definition) is 2. The molecule has 142 valence electrons. The average molecular weight is 366 g/mol. The van der Waals surface area contributed by atoms with E-state index in [1.165, 1.54) is 76.3 Å². The SMILES string of the molecule is CCC(C)CCN1CCC(CCCCc2ccc(SC)c(F)c2)CC1. The van der Waals surface area contributed by atoms with Gasteiger partial charge in [-0.3, -0.25) is 0 Å². The number of piperidine rings is 1. The Bertz CT molecular complexity index is 497. The van der Waals surface area contributed by atoms with Gasteiger partial charge in [0.25, 0.3) is 0 Å². The van der Waals surface area contributed by atoms with Crippen molar-refractivity contribution >= 4 is 11.8 Å². The van der Waals surface area contributed by atoms with Crippen LogP contribution in [0.2, 0.25) is 0 Å². The van der Waals surface area contributed by atoms with Gasteiger partial charge in [0.05, 0.1) is 0 Å². The molecule has 0 spiro atoms. The maximum Gasteiger partial charge on any atom is 0.137 e. The van der Waals surface area contributed by atoms with Crippen molar-refractivity contribution in [2.75, 3.05) is 25.9 Å². The van der Waals surface area contributed by atoms with Crippen LogP contribution in [0.15, 0.2) is 23.1 Å². The van der Waals surface area contributed by atoms with E-state index in [4.69, 9.17) is 0 Å². The number of likely N-dealkylation sites (tertiary alicyclic amines) is 1. The fourth-order valence-corrected chi connectivity index (χ4v) is 4.19. The van der Waals surface area contributed by atoms with Crippen LogP contribution in [0.4, 0.5) is 4.39 Å². The van der Waals surface area contributed by atoms with E-state index in [0.717, 1.165) is 28.7 Å². The van der Waals surface area contributed by atoms with Gasteiger partial charge in [-0.05, 0) is 87.5 Å². The van der Waals surface area contributed by atoms with Gasteiger partial charge in [0.1, 0.15) is 5.82 Å². The molecular formula is C22H36FNS. The summed E-state index contributed by atoms with van der Waals surface area (Å²) in [6, 6.07) is 5.73. The third-order valence-electron chi connectivity index (χ3n) is 5.89. The second-order valence-corrected chi connectivity index (χ2v) is 8.65. The molecule has 0 amide bonds. The first kappa shape index (κ1) is 20.8. The van der Waals surface area contributed by atoms with Gasteiger partial charge in [-0.1, -0.05) is 39.2 Å². The lowest BCUT2D eigenvalue weighted by molar-refractivity contribution is 0.168. The fourth-order valence-electron chi connectivity index (χ4n) is 3.73. The minimum absolute atomic E-state index is 0.0604. The first-order valence-corrected chi connectivity index (χ1v) is 11.4. The van der Waals surface area contributed by atoms with E-state index in [1.807, 2.05) is 12.3 Å². The van der Waals surface area contributed by atoms with Crippen molar-refractivity contribution in [3.63, 3.8) is 0 Å². The average Bonchev–Trinajstić information content (AvgIpc) is 2.64. The molecule has 3 heteroatoms. The van der Waals surface area contributed by atoms with Crippen molar-refractivity contribution in [1.82, 2.24) is 4.90 Å². The largest absolute Gasteiger partial charge is 0.303 e. The monoisotopic (exact) mass is 365 g/mol. The Balaban J connectivity index is 1.58. The number of thioether (sulfide) groups is 1. The lowest BCUT2D eigenvalue weighted by atomic mass is 9.90. The van der Waals surface area contributed by atoms with Crippen LogP contribution in [-0.4, -0.2) is 30.8 Å². The molecule has 1 nitrogen and oxygen atoms in total. The molecule has 1 heterocycles. The van der Waals surface area contributed by atoms with Crippen molar-refractivity contribution < 1.29 is 4.39 Å². The van der Waals surface area contributed by atoms with E-state index >= 15 is 0 Å². The minimum Gasteiger partial charge on any atom is -0.303 e. The van der Waals surface area contributed by atoms with Crippen molar-refractivity contribution in [3.8, 4) is 0 Å². The van der Waals surface area contributed by atoms with Crippen LogP contribution >= 0.6 is 11.8 Å². The number of unbranched alkanes of at least 4 members (excludes halogenated alkanes) is 1. The van der Waals surface area contributed by atoms with E-state index in [-0.39, 0.29) is 5.82 Å². The van der Waals surface area contributed by atoms with Gasteiger partial charge in [0, 0.05) is 4.90 Å². The Hall–Kier alpha value is -0.540. The number of nitrogens with zero attached hydrogens (tertiary/aromatic N) is 1. The number of aryl methyl sites for hydroxylation is 1. The Labute approximate surface area is 158 Å². The minimum atomic E-state index is -0.0604. The Morgan fingerprint density at radius 2 is 2.00 bits per heavy atom. The number of halogens is 1. The van der Waals surface area contributed by atoms with E-state index in [0.29, 0.717) is 0 Å². The molecule has 1 atom stereocenters. The summed E-state index contributed by atoms with van der Waals surface area (Å²) >= 11 is 1.48. The summed E-state index contributed by atoms with van der Waals surface area (Å²) in [5.41, 5.74) is 1.15. The molecule has 25 heavy (non-hydrogen) atoms. The van der Waals surface area contributed by atoms with Crippen LogP contribution < -0.4 is 0 Å². The predicted molar refractivity (Wildman–Crippen MR) is 109 cm³/mol. The van der Waals surface area contributed by atoms with Crippen LogP contribution in [-0.2, 0) is 6.42 Å². The van der Waals surface area contributed by atoms with Crippen LogP contribution in [0.3, 0.4) is 0 Å². The molecular weight excluding hydrogens is 329 g/mol. The summed E-state index contributed by atoms with van der Waals surface area (Å²) < 4.78 is 13.8. The zero-order chi connectivity index (χ0) is 18.1. The molecule has 1 aromatic rings. The second-order valence-electron chi connectivity index (χ2n) is 7.80. The third-order valence-corrected chi connectivity index (χ3v) is 6.66. The van der Waals surface area contributed by atoms with E-state index in [2.05, 4.69) is 24.8 Å². The Morgan fingerprint density at radius 1 is 1.24 bits per heavy atom. The van der Waals surface area contributed by atoms with Crippen LogP contribution in [0.1, 0.15) is 64.4 Å². The molecule has 1 aliphatic rings. The second kappa shape index (κ2) is 11.2. The van der Waals surface area contributed by atoms with Crippen molar-refractivity contribution in [1.29, 1.82) is 0 Å². The molecule has 0 N–H and O–H groups in total. The van der Waals surface area contributed by atoms with Crippen molar-refractivity contribution in [2.24, 2.45) is 11.8 Å². The van der Waals surface area contributed by atoms with Crippen LogP contribution in [0, 0.1) is 17.7 Å². The highest BCUT2D eigenvalue weighted by molar-refractivity contribution is 7.98. The van der Waals surface area contributed by atoms with Gasteiger partial charge in [-0.2, -0.15) is 0 Å². The zero-order valence-electron chi connectivity index (χ0n) is 16.4. The third kappa shape index (κ3) is 7.30. The summed E-state index contributed by atoms with van der Waals surface area (Å²) in [5, 5.41) is 0. The van der Waals surface area contributed by atoms with Crippen LogP contribution in [0.25, 0.3) is 0 Å². The van der Waals surface area contributed by atoms with Gasteiger partial charge >= 0.3 is 0 Å². The first-order valence-electron chi connectivity index (χ1n) is 10.2. The Morgan fingerprint density at radius 3 is 2.64 bits per heavy atom. The van der Waals surface area contributed by atoms with Gasteiger partial charge in [-0.15, -0.1) is 11.8 Å². The predicted octanol–water partition coefficient (Wildman–Crippen LogP) is 6.41. The maximum absolute atomic E-state index is 13.8. The zero-order valence-corrected chi connectivity index (χ0v) is 17.2. The topological polar surface area (TPSA) is 3.24 Å². The lowest BCUT2D eigenvalue weighted by Crippen LogP contribution is -2.34. The fraction of sp³-hybridized carbons (Fsp3) is 0.727. The lowest BCUT2D eigenvalue weighted by Gasteiger charge is -2.32. The molecule has 1 aliphatic heterocycles. The van der Waals surface area contributed by atoms with E-state index in [1.54, 1.807) is 6.07 Å². The first-order chi connectivity index (χ1) is 12.1. The highest BCUT2D eigenvalue weighted by atomic mass is 32.2. The molecule has 2 rings (SSSR count). The molecule has 1 aromatic carbocycles. The van der Waals surface area contributed by atoms with Gasteiger partial charge < -0.3 is 4.90 Å². The summed E-state index contributed by atoms with van der Waals surface area (Å²) in [4.78, 5) is 3.42. The van der Waals surface area contributed by atoms with E-state index < -0.39 is 0 Å². The van der Waals surface area contributed by atoms with Crippen molar-refractivity contribution in [3.05, 3.63) is 29.6 Å². The molecule has 0 aliphatic carbocycles. The normalized spacial score (nSPS) is 17.8. The summed E-state index contributed by atoms with van der Waals surface area (Å²) in [6.07, 6.45) is 12.2. The van der Waals surface area contributed by atoms with Gasteiger partial charge in [0.2, 0.25) is 0 Å². The smallest absolute Gasteiger partial charge is 0.137 e. The number of hydrogen-bond donors (Lipinski definition) is 0. The molecule has 1 fully saturated rings. The summed E-state index contributed by atoms with van der Waals surface area (Å²) in [7, 11) is 0. The van der Waals surface area contributed by atoms with Crippen LogP contribution in [0.5, 0.6) is 0 Å². The van der Waals surface area contributed by atoms with E-state index in [9.17, 15) is 4.39 Å². The molecule has 0 saturated carbocycles. The standard InChI is InChI=1S/C22H36FNS/c1-4-18(2)11-14-24-15-12-19(13-16-24)7-5-6-8-20-9-10-22(25-3)21(23)17-20/h9-10,17-19H,4-8,11-16H2,1-3H3. The summed E-state index contributed by atoms with van der Waals surface area (Å²) in [5.74, 6) is 1.72. The number of rotatable bonds is 10. The molecule has 0 aromatic heterocycles. The number of benzene rings is 1. The maximum atomic E-state index is 13.8. The molecule has 0 bridgehead atoms. The Kier molecular flexibility index (Phi) is 9.33. The molecule has 1 saturated heterocycles. The van der Waals surface area contributed by atoms with Gasteiger partial charge in [-0.25, -0.2) is 4.39 Å².